The molecule has 88 valence electrons. The van der Waals surface area contributed by atoms with Gasteiger partial charge in [-0.15, -0.1) is 0 Å². The summed E-state index contributed by atoms with van der Waals surface area (Å²) < 4.78 is 24.2. The molecule has 1 rings (SSSR count). The van der Waals surface area contributed by atoms with Crippen LogP contribution in [-0.2, 0) is 0 Å². The van der Waals surface area contributed by atoms with Gasteiger partial charge < -0.3 is 15.7 Å². The van der Waals surface area contributed by atoms with E-state index in [0.717, 1.165) is 11.1 Å². The fourth-order valence-corrected chi connectivity index (χ4v) is 1.15. The third kappa shape index (κ3) is 2.78. The number of aromatic nitrogens is 1. The van der Waals surface area contributed by atoms with Crippen LogP contribution < -0.4 is 10.6 Å². The number of hydrogen-bond donors (Lipinski definition) is 2. The lowest BCUT2D eigenvalue weighted by Gasteiger charge is -2.18. The minimum atomic E-state index is -2.52. The third-order valence-electron chi connectivity index (χ3n) is 1.95. The zero-order chi connectivity index (χ0) is 12.3. The maximum atomic E-state index is 12.1. The molecule has 1 heterocycles. The highest BCUT2D eigenvalue weighted by Crippen LogP contribution is 2.17. The standard InChI is InChI=1S/C9H11F2N3O2/c1-14(4-7(10)11)8-2-5(9(15)16)6(12)3-13-8/h2-3,7H,4,12H2,1H3,(H,15,16). The molecule has 3 N–H and O–H groups in total. The quantitative estimate of drug-likeness (QED) is 0.810. The van der Waals surface area contributed by atoms with E-state index in [-0.39, 0.29) is 17.1 Å². The van der Waals surface area contributed by atoms with Crippen molar-refractivity contribution in [2.45, 2.75) is 6.43 Å². The topological polar surface area (TPSA) is 79.5 Å². The fraction of sp³-hybridized carbons (Fsp3) is 0.333. The van der Waals surface area contributed by atoms with Crippen LogP contribution in [0.1, 0.15) is 10.4 Å². The molecule has 1 aromatic heterocycles. The van der Waals surface area contributed by atoms with Crippen LogP contribution in [0.3, 0.4) is 0 Å². The Labute approximate surface area is 90.5 Å². The fourth-order valence-electron chi connectivity index (χ4n) is 1.15. The molecule has 5 nitrogen and oxygen atoms in total. The molecule has 0 saturated heterocycles. The van der Waals surface area contributed by atoms with Crippen LogP contribution in [0.2, 0.25) is 0 Å². The van der Waals surface area contributed by atoms with Gasteiger partial charge in [-0.3, -0.25) is 0 Å². The molecule has 0 fully saturated rings. The Balaban J connectivity index is 2.98. The summed E-state index contributed by atoms with van der Waals surface area (Å²) in [4.78, 5) is 15.7. The Morgan fingerprint density at radius 2 is 2.31 bits per heavy atom. The van der Waals surface area contributed by atoms with E-state index in [9.17, 15) is 13.6 Å². The second-order valence-electron chi connectivity index (χ2n) is 3.21. The van der Waals surface area contributed by atoms with Gasteiger partial charge in [0.2, 0.25) is 0 Å². The van der Waals surface area contributed by atoms with E-state index in [1.165, 1.54) is 13.1 Å². The number of hydrogen-bond acceptors (Lipinski definition) is 4. The summed E-state index contributed by atoms with van der Waals surface area (Å²) >= 11 is 0. The monoisotopic (exact) mass is 231 g/mol. The van der Waals surface area contributed by atoms with Crippen molar-refractivity contribution < 1.29 is 18.7 Å². The molecule has 0 amide bonds. The zero-order valence-electron chi connectivity index (χ0n) is 8.52. The smallest absolute Gasteiger partial charge is 0.337 e. The van der Waals surface area contributed by atoms with Crippen molar-refractivity contribution in [1.82, 2.24) is 4.98 Å². The Kier molecular flexibility index (Phi) is 3.60. The molecule has 0 aromatic carbocycles. The molecule has 0 saturated carbocycles. The first kappa shape index (κ1) is 12.2. The number of halogens is 2. The Morgan fingerprint density at radius 3 is 2.81 bits per heavy atom. The molecular weight excluding hydrogens is 220 g/mol. The number of aromatic carboxylic acids is 1. The molecule has 0 aliphatic rings. The minimum absolute atomic E-state index is 0.00157. The minimum Gasteiger partial charge on any atom is -0.478 e. The number of nitrogen functional groups attached to an aromatic ring is 1. The van der Waals surface area contributed by atoms with Gasteiger partial charge in [0.25, 0.3) is 6.43 Å². The summed E-state index contributed by atoms with van der Waals surface area (Å²) in [5.41, 5.74) is 5.24. The predicted octanol–water partition coefficient (Wildman–Crippen LogP) is 1.06. The first-order valence-electron chi connectivity index (χ1n) is 4.40. The number of rotatable bonds is 4. The molecule has 0 spiro atoms. The summed E-state index contributed by atoms with van der Waals surface area (Å²) in [6.07, 6.45) is -1.38. The van der Waals surface area contributed by atoms with Crippen molar-refractivity contribution in [2.75, 3.05) is 24.2 Å². The zero-order valence-corrected chi connectivity index (χ0v) is 8.52. The van der Waals surface area contributed by atoms with E-state index in [1.807, 2.05) is 0 Å². The molecular formula is C9H11F2N3O2. The van der Waals surface area contributed by atoms with Gasteiger partial charge in [0.15, 0.2) is 0 Å². The molecule has 1 aromatic rings. The highest BCUT2D eigenvalue weighted by atomic mass is 19.3. The van der Waals surface area contributed by atoms with Gasteiger partial charge in [-0.05, 0) is 6.07 Å². The van der Waals surface area contributed by atoms with Gasteiger partial charge in [0.1, 0.15) is 5.82 Å². The number of nitrogens with zero attached hydrogens (tertiary/aromatic N) is 2. The number of carbonyl (C=O) groups is 1. The van der Waals surface area contributed by atoms with Crippen molar-refractivity contribution in [1.29, 1.82) is 0 Å². The van der Waals surface area contributed by atoms with Crippen LogP contribution in [0.15, 0.2) is 12.3 Å². The van der Waals surface area contributed by atoms with Gasteiger partial charge >= 0.3 is 5.97 Å². The molecule has 0 atom stereocenters. The molecule has 0 radical (unpaired) electrons. The third-order valence-corrected chi connectivity index (χ3v) is 1.95. The van der Waals surface area contributed by atoms with Crippen LogP contribution in [-0.4, -0.2) is 36.1 Å². The van der Waals surface area contributed by atoms with Crippen molar-refractivity contribution >= 4 is 17.5 Å². The molecule has 0 aliphatic heterocycles. The van der Waals surface area contributed by atoms with E-state index in [0.29, 0.717) is 0 Å². The summed E-state index contributed by atoms with van der Waals surface area (Å²) in [6, 6.07) is 1.17. The predicted molar refractivity (Wildman–Crippen MR) is 54.9 cm³/mol. The maximum absolute atomic E-state index is 12.1. The summed E-state index contributed by atoms with van der Waals surface area (Å²) in [5, 5.41) is 8.78. The van der Waals surface area contributed by atoms with E-state index in [1.54, 1.807) is 0 Å². The second kappa shape index (κ2) is 4.73. The van der Waals surface area contributed by atoms with Crippen LogP contribution in [0.5, 0.6) is 0 Å². The van der Waals surface area contributed by atoms with Gasteiger partial charge in [-0.2, -0.15) is 0 Å². The van der Waals surface area contributed by atoms with Crippen LogP contribution in [0.25, 0.3) is 0 Å². The van der Waals surface area contributed by atoms with Crippen molar-refractivity contribution in [3.63, 3.8) is 0 Å². The number of carboxylic acid groups (broad SMARTS) is 1. The molecule has 16 heavy (non-hydrogen) atoms. The average Bonchev–Trinajstić information content (AvgIpc) is 2.16. The number of anilines is 2. The lowest BCUT2D eigenvalue weighted by molar-refractivity contribution is 0.0698. The Morgan fingerprint density at radius 1 is 1.69 bits per heavy atom. The number of alkyl halides is 2. The van der Waals surface area contributed by atoms with E-state index in [4.69, 9.17) is 10.8 Å². The maximum Gasteiger partial charge on any atom is 0.337 e. The lowest BCUT2D eigenvalue weighted by atomic mass is 10.2. The van der Waals surface area contributed by atoms with Crippen LogP contribution >= 0.6 is 0 Å². The first-order chi connectivity index (χ1) is 7.41. The summed E-state index contributed by atoms with van der Waals surface area (Å²) in [5.74, 6) is -1.07. The Hall–Kier alpha value is -1.92. The first-order valence-corrected chi connectivity index (χ1v) is 4.40. The van der Waals surface area contributed by atoms with Crippen molar-refractivity contribution in [3.05, 3.63) is 17.8 Å². The highest BCUT2D eigenvalue weighted by molar-refractivity contribution is 5.94. The van der Waals surface area contributed by atoms with E-state index < -0.39 is 18.9 Å². The normalized spacial score (nSPS) is 10.5. The number of pyridine rings is 1. The van der Waals surface area contributed by atoms with E-state index in [2.05, 4.69) is 4.98 Å². The van der Waals surface area contributed by atoms with Gasteiger partial charge in [0, 0.05) is 7.05 Å². The molecule has 0 bridgehead atoms. The number of carboxylic acids is 1. The SMILES string of the molecule is CN(CC(F)F)c1cc(C(=O)O)c(N)cn1. The highest BCUT2D eigenvalue weighted by Gasteiger charge is 2.14. The van der Waals surface area contributed by atoms with Gasteiger partial charge in [-0.25, -0.2) is 18.6 Å². The molecule has 0 aliphatic carbocycles. The molecule has 0 unspecified atom stereocenters. The average molecular weight is 231 g/mol. The number of nitrogens with two attached hydrogens (primary N) is 1. The second-order valence-corrected chi connectivity index (χ2v) is 3.21. The van der Waals surface area contributed by atoms with Gasteiger partial charge in [0.05, 0.1) is 24.0 Å². The largest absolute Gasteiger partial charge is 0.478 e. The van der Waals surface area contributed by atoms with Crippen molar-refractivity contribution in [3.8, 4) is 0 Å². The van der Waals surface area contributed by atoms with Crippen LogP contribution in [0, 0.1) is 0 Å². The molecule has 7 heteroatoms. The van der Waals surface area contributed by atoms with Gasteiger partial charge in [-0.1, -0.05) is 0 Å². The summed E-state index contributed by atoms with van der Waals surface area (Å²) in [7, 11) is 1.40. The Bertz CT molecular complexity index is 398. The van der Waals surface area contributed by atoms with Crippen molar-refractivity contribution in [2.24, 2.45) is 0 Å². The summed E-state index contributed by atoms with van der Waals surface area (Å²) in [6.45, 7) is -0.518. The van der Waals surface area contributed by atoms with Crippen LogP contribution in [0.4, 0.5) is 20.3 Å². The van der Waals surface area contributed by atoms with E-state index >= 15 is 0 Å². The lowest BCUT2D eigenvalue weighted by Crippen LogP contribution is -2.25.